The quantitative estimate of drug-likeness (QED) is 0.639. The van der Waals surface area contributed by atoms with Crippen molar-refractivity contribution in [1.82, 2.24) is 4.90 Å². The Hall–Kier alpha value is -2.53. The number of hydrogen-bond acceptors (Lipinski definition) is 3. The predicted molar refractivity (Wildman–Crippen MR) is 107 cm³/mol. The molecule has 1 unspecified atom stereocenters. The van der Waals surface area contributed by atoms with Gasteiger partial charge in [-0.1, -0.05) is 18.2 Å². The lowest BCUT2D eigenvalue weighted by Crippen LogP contribution is -2.27. The first-order valence-corrected chi connectivity index (χ1v) is 8.53. The van der Waals surface area contributed by atoms with E-state index in [1.54, 1.807) is 7.11 Å². The number of ether oxygens (including phenoxy) is 2. The Balaban J connectivity index is 2.09. The zero-order valence-corrected chi connectivity index (χ0v) is 15.5. The van der Waals surface area contributed by atoms with E-state index in [2.05, 4.69) is 24.0 Å². The van der Waals surface area contributed by atoms with Crippen LogP contribution in [0.1, 0.15) is 18.1 Å². The summed E-state index contributed by atoms with van der Waals surface area (Å²) in [6, 6.07) is 12.1. The maximum Gasteiger partial charge on any atom is 0.172 e. The van der Waals surface area contributed by atoms with Crippen LogP contribution in [0.4, 0.5) is 5.69 Å². The molecule has 0 aliphatic carbocycles. The normalized spacial score (nSPS) is 14.6. The molecule has 0 fully saturated rings. The minimum atomic E-state index is -0.0817. The molecule has 1 aliphatic heterocycles. The van der Waals surface area contributed by atoms with Crippen LogP contribution >= 0.6 is 12.2 Å². The second kappa shape index (κ2) is 7.15. The van der Waals surface area contributed by atoms with Gasteiger partial charge >= 0.3 is 0 Å². The average Bonchev–Trinajstić information content (AvgIpc) is 2.61. The van der Waals surface area contributed by atoms with E-state index in [9.17, 15) is 0 Å². The van der Waals surface area contributed by atoms with Crippen molar-refractivity contribution in [2.75, 3.05) is 26.5 Å². The van der Waals surface area contributed by atoms with Crippen LogP contribution < -0.4 is 14.8 Å². The van der Waals surface area contributed by atoms with Crippen molar-refractivity contribution < 1.29 is 9.47 Å². The number of thiocarbonyl (C=S) groups is 1. The lowest BCUT2D eigenvalue weighted by molar-refractivity contribution is 0.205. The van der Waals surface area contributed by atoms with Gasteiger partial charge < -0.3 is 19.7 Å². The Morgan fingerprint density at radius 3 is 2.84 bits per heavy atom. The van der Waals surface area contributed by atoms with Crippen LogP contribution in [0.3, 0.4) is 0 Å². The van der Waals surface area contributed by atoms with E-state index in [0.29, 0.717) is 5.11 Å². The number of hydrogen-bond donors (Lipinski definition) is 1. The van der Waals surface area contributed by atoms with Gasteiger partial charge in [-0.2, -0.15) is 0 Å². The van der Waals surface area contributed by atoms with Crippen molar-refractivity contribution in [3.8, 4) is 22.6 Å². The van der Waals surface area contributed by atoms with Gasteiger partial charge in [0.15, 0.2) is 5.11 Å². The number of nitrogens with zero attached hydrogens (tertiary/aromatic N) is 1. The van der Waals surface area contributed by atoms with E-state index in [4.69, 9.17) is 21.7 Å². The molecule has 0 aromatic heterocycles. The third kappa shape index (κ3) is 3.33. The van der Waals surface area contributed by atoms with Crippen molar-refractivity contribution in [3.63, 3.8) is 0 Å². The fourth-order valence-electron chi connectivity index (χ4n) is 2.96. The number of rotatable bonds is 4. The second-order valence-corrected chi connectivity index (χ2v) is 6.48. The number of methoxy groups -OCH3 is 1. The fraction of sp³-hybridized carbons (Fsp3) is 0.250. The van der Waals surface area contributed by atoms with Gasteiger partial charge in [-0.05, 0) is 42.0 Å². The topological polar surface area (TPSA) is 33.7 Å². The molecule has 1 atom stereocenters. The van der Waals surface area contributed by atoms with Crippen LogP contribution in [0.25, 0.3) is 11.1 Å². The Morgan fingerprint density at radius 2 is 2.16 bits per heavy atom. The molecule has 130 valence electrons. The van der Waals surface area contributed by atoms with Gasteiger partial charge in [-0.3, -0.25) is 0 Å². The standard InChI is InChI=1S/C20H22N2O2S/c1-5-7-16-15-12-13(21-20(25)22(2)3)10-11-14(15)19-17(23-4)8-6-9-18(19)24-16/h5-6,8-12,16H,1,7H2,2-4H3,(H,21,25). The summed E-state index contributed by atoms with van der Waals surface area (Å²) in [6.07, 6.45) is 2.52. The van der Waals surface area contributed by atoms with Crippen LogP contribution in [-0.2, 0) is 0 Å². The molecule has 1 N–H and O–H groups in total. The summed E-state index contributed by atoms with van der Waals surface area (Å²) in [5.74, 6) is 1.64. The highest BCUT2D eigenvalue weighted by Crippen LogP contribution is 2.48. The molecule has 0 amide bonds. The highest BCUT2D eigenvalue weighted by atomic mass is 32.1. The summed E-state index contributed by atoms with van der Waals surface area (Å²) in [7, 11) is 5.51. The van der Waals surface area contributed by atoms with Crippen LogP contribution in [-0.4, -0.2) is 31.2 Å². The third-order valence-electron chi connectivity index (χ3n) is 4.18. The average molecular weight is 354 g/mol. The molecule has 2 aromatic rings. The van der Waals surface area contributed by atoms with E-state index in [0.717, 1.165) is 40.3 Å². The molecule has 3 rings (SSSR count). The summed E-state index contributed by atoms with van der Waals surface area (Å²) < 4.78 is 11.8. The fourth-order valence-corrected chi connectivity index (χ4v) is 3.08. The molecule has 25 heavy (non-hydrogen) atoms. The van der Waals surface area contributed by atoms with Crippen LogP contribution in [0.2, 0.25) is 0 Å². The summed E-state index contributed by atoms with van der Waals surface area (Å²) in [5.41, 5.74) is 4.14. The van der Waals surface area contributed by atoms with Crippen molar-refractivity contribution in [1.29, 1.82) is 0 Å². The van der Waals surface area contributed by atoms with E-state index in [-0.39, 0.29) is 6.10 Å². The minimum absolute atomic E-state index is 0.0817. The van der Waals surface area contributed by atoms with E-state index < -0.39 is 0 Å². The first kappa shape index (κ1) is 17.3. The molecule has 5 heteroatoms. The number of fused-ring (bicyclic) bond motifs is 3. The maximum absolute atomic E-state index is 6.23. The van der Waals surface area contributed by atoms with Crippen molar-refractivity contribution in [2.45, 2.75) is 12.5 Å². The molecule has 1 aliphatic rings. The van der Waals surface area contributed by atoms with Crippen molar-refractivity contribution >= 4 is 23.0 Å². The Bertz CT molecular complexity index is 817. The van der Waals surface area contributed by atoms with Gasteiger partial charge in [0.05, 0.1) is 12.7 Å². The molecule has 0 saturated heterocycles. The highest BCUT2D eigenvalue weighted by molar-refractivity contribution is 7.80. The van der Waals surface area contributed by atoms with Gasteiger partial charge in [0.2, 0.25) is 0 Å². The molecule has 1 heterocycles. The van der Waals surface area contributed by atoms with Gasteiger partial charge in [0.25, 0.3) is 0 Å². The van der Waals surface area contributed by atoms with Gasteiger partial charge in [-0.25, -0.2) is 0 Å². The molecular formula is C20H22N2O2S. The molecule has 4 nitrogen and oxygen atoms in total. The van der Waals surface area contributed by atoms with Crippen LogP contribution in [0, 0.1) is 0 Å². The van der Waals surface area contributed by atoms with Gasteiger partial charge in [-0.15, -0.1) is 6.58 Å². The molecule has 0 saturated carbocycles. The number of benzene rings is 2. The minimum Gasteiger partial charge on any atom is -0.496 e. The predicted octanol–water partition coefficient (Wildman–Crippen LogP) is 4.63. The Labute approximate surface area is 154 Å². The number of anilines is 1. The monoisotopic (exact) mass is 354 g/mol. The largest absolute Gasteiger partial charge is 0.496 e. The maximum atomic E-state index is 6.23. The first-order valence-electron chi connectivity index (χ1n) is 8.12. The summed E-state index contributed by atoms with van der Waals surface area (Å²) in [5, 5.41) is 3.91. The summed E-state index contributed by atoms with van der Waals surface area (Å²) in [6.45, 7) is 3.86. The molecule has 0 bridgehead atoms. The van der Waals surface area contributed by atoms with Crippen LogP contribution in [0.15, 0.2) is 49.1 Å². The van der Waals surface area contributed by atoms with Crippen LogP contribution in [0.5, 0.6) is 11.5 Å². The number of nitrogens with one attached hydrogen (secondary N) is 1. The zero-order valence-electron chi connectivity index (χ0n) is 14.7. The zero-order chi connectivity index (χ0) is 18.0. The molecule has 0 radical (unpaired) electrons. The van der Waals surface area contributed by atoms with Gasteiger partial charge in [0, 0.05) is 31.8 Å². The third-order valence-corrected chi connectivity index (χ3v) is 4.65. The molecule has 0 spiro atoms. The van der Waals surface area contributed by atoms with Crippen molar-refractivity contribution in [3.05, 3.63) is 54.6 Å². The molecule has 2 aromatic carbocycles. The van der Waals surface area contributed by atoms with E-state index in [1.807, 2.05) is 49.3 Å². The SMILES string of the molecule is C=CCC1Oc2cccc(OC)c2-c2ccc(NC(=S)N(C)C)cc21. The Morgan fingerprint density at radius 1 is 1.36 bits per heavy atom. The summed E-state index contributed by atoms with van der Waals surface area (Å²) >= 11 is 5.35. The van der Waals surface area contributed by atoms with E-state index >= 15 is 0 Å². The Kier molecular flexibility index (Phi) is 4.95. The first-order chi connectivity index (χ1) is 12.0. The summed E-state index contributed by atoms with van der Waals surface area (Å²) in [4.78, 5) is 1.87. The lowest BCUT2D eigenvalue weighted by atomic mass is 9.90. The second-order valence-electron chi connectivity index (χ2n) is 6.09. The molecular weight excluding hydrogens is 332 g/mol. The van der Waals surface area contributed by atoms with Gasteiger partial charge in [0.1, 0.15) is 17.6 Å². The van der Waals surface area contributed by atoms with E-state index in [1.165, 1.54) is 0 Å². The van der Waals surface area contributed by atoms with Crippen molar-refractivity contribution in [2.24, 2.45) is 0 Å². The smallest absolute Gasteiger partial charge is 0.172 e. The highest BCUT2D eigenvalue weighted by Gasteiger charge is 2.28. The lowest BCUT2D eigenvalue weighted by Gasteiger charge is -2.30.